The van der Waals surface area contributed by atoms with Gasteiger partial charge >= 0.3 is 18.1 Å². The predicted octanol–water partition coefficient (Wildman–Crippen LogP) is 5.89. The van der Waals surface area contributed by atoms with Crippen LogP contribution in [0.5, 0.6) is 0 Å². The van der Waals surface area contributed by atoms with Gasteiger partial charge in [0.15, 0.2) is 0 Å². The fraction of sp³-hybridized carbons (Fsp3) is 0.0417. The second-order valence-electron chi connectivity index (χ2n) is 6.83. The van der Waals surface area contributed by atoms with Gasteiger partial charge in [0.2, 0.25) is 0 Å². The number of alkyl halides is 3. The number of pyridine rings is 1. The smallest absolute Gasteiger partial charge is 0.383 e. The SMILES string of the molecule is O=C(OC(=O)C(F)(F)F)c1ccc(-c2ccccc2)cc1Nc1cncc2ccccc12. The standard InChI is InChI=1S/C24H15F3N2O3/c25-24(26,27)23(31)32-22(30)19-11-10-16(15-6-2-1-3-7-15)12-20(19)29-21-14-28-13-17-8-4-5-9-18(17)21/h1-14,29H. The van der Waals surface area contributed by atoms with Gasteiger partial charge in [-0.05, 0) is 23.3 Å². The molecule has 0 aliphatic rings. The summed E-state index contributed by atoms with van der Waals surface area (Å²) in [5.41, 5.74) is 2.02. The quantitative estimate of drug-likeness (QED) is 0.319. The van der Waals surface area contributed by atoms with Crippen LogP contribution in [0.3, 0.4) is 0 Å². The molecule has 1 aromatic heterocycles. The molecule has 4 rings (SSSR count). The maximum Gasteiger partial charge on any atom is 0.491 e. The second-order valence-corrected chi connectivity index (χ2v) is 6.83. The molecule has 32 heavy (non-hydrogen) atoms. The first-order chi connectivity index (χ1) is 15.3. The van der Waals surface area contributed by atoms with Crippen molar-refractivity contribution in [3.05, 3.63) is 90.8 Å². The first kappa shape index (κ1) is 21.0. The van der Waals surface area contributed by atoms with Gasteiger partial charge in [-0.3, -0.25) is 4.98 Å². The molecular weight excluding hydrogens is 421 g/mol. The third-order valence-electron chi connectivity index (χ3n) is 4.70. The maximum absolute atomic E-state index is 12.6. The van der Waals surface area contributed by atoms with Crippen molar-refractivity contribution >= 4 is 34.1 Å². The number of anilines is 2. The Morgan fingerprint density at radius 3 is 2.28 bits per heavy atom. The summed E-state index contributed by atoms with van der Waals surface area (Å²) in [5, 5.41) is 4.68. The molecule has 0 unspecified atom stereocenters. The molecule has 0 aliphatic carbocycles. The van der Waals surface area contributed by atoms with Crippen molar-refractivity contribution < 1.29 is 27.5 Å². The summed E-state index contributed by atoms with van der Waals surface area (Å²) in [4.78, 5) is 27.8. The molecular formula is C24H15F3N2O3. The van der Waals surface area contributed by atoms with Crippen molar-refractivity contribution in [3.8, 4) is 11.1 Å². The van der Waals surface area contributed by atoms with Gasteiger partial charge in [-0.15, -0.1) is 0 Å². The summed E-state index contributed by atoms with van der Waals surface area (Å²) < 4.78 is 41.8. The third kappa shape index (κ3) is 4.44. The molecule has 160 valence electrons. The van der Waals surface area contributed by atoms with E-state index in [9.17, 15) is 22.8 Å². The van der Waals surface area contributed by atoms with Gasteiger partial charge < -0.3 is 10.1 Å². The number of nitrogens with one attached hydrogen (secondary N) is 1. The number of carbonyl (C=O) groups excluding carboxylic acids is 2. The Kier molecular flexibility index (Phi) is 5.59. The molecule has 0 saturated heterocycles. The zero-order chi connectivity index (χ0) is 22.7. The number of esters is 2. The van der Waals surface area contributed by atoms with Crippen molar-refractivity contribution in [1.29, 1.82) is 0 Å². The number of aromatic nitrogens is 1. The number of ether oxygens (including phenoxy) is 1. The molecule has 8 heteroatoms. The average Bonchev–Trinajstić information content (AvgIpc) is 2.79. The second kappa shape index (κ2) is 8.50. The lowest BCUT2D eigenvalue weighted by Gasteiger charge is -2.15. The van der Waals surface area contributed by atoms with Crippen molar-refractivity contribution in [2.75, 3.05) is 5.32 Å². The molecule has 4 aromatic rings. The monoisotopic (exact) mass is 436 g/mol. The number of hydrogen-bond acceptors (Lipinski definition) is 5. The number of benzene rings is 3. The van der Waals surface area contributed by atoms with E-state index in [1.165, 1.54) is 12.3 Å². The summed E-state index contributed by atoms with van der Waals surface area (Å²) in [6.07, 6.45) is -2.08. The molecule has 0 radical (unpaired) electrons. The van der Waals surface area contributed by atoms with Gasteiger partial charge in [0.05, 0.1) is 23.1 Å². The summed E-state index contributed by atoms with van der Waals surface area (Å²) in [5.74, 6) is -3.99. The number of fused-ring (bicyclic) bond motifs is 1. The van der Waals surface area contributed by atoms with E-state index in [-0.39, 0.29) is 11.3 Å². The van der Waals surface area contributed by atoms with Crippen molar-refractivity contribution in [1.82, 2.24) is 4.98 Å². The minimum Gasteiger partial charge on any atom is -0.383 e. The van der Waals surface area contributed by atoms with E-state index in [4.69, 9.17) is 0 Å². The van der Waals surface area contributed by atoms with E-state index >= 15 is 0 Å². The number of halogens is 3. The van der Waals surface area contributed by atoms with Crippen LogP contribution < -0.4 is 5.32 Å². The summed E-state index contributed by atoms with van der Waals surface area (Å²) in [6, 6.07) is 21.1. The average molecular weight is 436 g/mol. The minimum atomic E-state index is -5.28. The highest BCUT2D eigenvalue weighted by molar-refractivity contribution is 6.04. The lowest BCUT2D eigenvalue weighted by atomic mass is 10.0. The van der Waals surface area contributed by atoms with Gasteiger partial charge in [-0.1, -0.05) is 60.7 Å². The molecule has 0 atom stereocenters. The Morgan fingerprint density at radius 2 is 1.53 bits per heavy atom. The number of rotatable bonds is 4. The van der Waals surface area contributed by atoms with Crippen LogP contribution in [-0.4, -0.2) is 23.1 Å². The van der Waals surface area contributed by atoms with E-state index in [1.54, 1.807) is 18.3 Å². The zero-order valence-electron chi connectivity index (χ0n) is 16.4. The van der Waals surface area contributed by atoms with E-state index in [1.807, 2.05) is 54.6 Å². The van der Waals surface area contributed by atoms with Crippen LogP contribution in [0.15, 0.2) is 85.2 Å². The third-order valence-corrected chi connectivity index (χ3v) is 4.70. The molecule has 5 nitrogen and oxygen atoms in total. The topological polar surface area (TPSA) is 68.3 Å². The van der Waals surface area contributed by atoms with Crippen LogP contribution in [0.2, 0.25) is 0 Å². The minimum absolute atomic E-state index is 0.171. The first-order valence-corrected chi connectivity index (χ1v) is 9.45. The summed E-state index contributed by atoms with van der Waals surface area (Å²) in [7, 11) is 0. The highest BCUT2D eigenvalue weighted by Crippen LogP contribution is 2.31. The Hall–Kier alpha value is -4.20. The number of hydrogen-bond donors (Lipinski definition) is 1. The highest BCUT2D eigenvalue weighted by Gasteiger charge is 2.42. The van der Waals surface area contributed by atoms with Crippen LogP contribution in [0.4, 0.5) is 24.5 Å². The van der Waals surface area contributed by atoms with Gasteiger partial charge in [0.1, 0.15) is 0 Å². The molecule has 0 bridgehead atoms. The highest BCUT2D eigenvalue weighted by atomic mass is 19.4. The van der Waals surface area contributed by atoms with Gasteiger partial charge in [-0.2, -0.15) is 13.2 Å². The number of nitrogens with zero attached hydrogens (tertiary/aromatic N) is 1. The van der Waals surface area contributed by atoms with Crippen LogP contribution in [0.1, 0.15) is 10.4 Å². The predicted molar refractivity (Wildman–Crippen MR) is 113 cm³/mol. The zero-order valence-corrected chi connectivity index (χ0v) is 16.4. The summed E-state index contributed by atoms with van der Waals surface area (Å²) >= 11 is 0. The fourth-order valence-corrected chi connectivity index (χ4v) is 3.19. The Labute approximate surface area is 180 Å². The van der Waals surface area contributed by atoms with Crippen LogP contribution in [-0.2, 0) is 9.53 Å². The molecule has 0 amide bonds. The molecule has 1 N–H and O–H groups in total. The van der Waals surface area contributed by atoms with E-state index in [0.29, 0.717) is 11.3 Å². The lowest BCUT2D eigenvalue weighted by Crippen LogP contribution is -2.28. The fourth-order valence-electron chi connectivity index (χ4n) is 3.19. The normalized spacial score (nSPS) is 11.2. The van der Waals surface area contributed by atoms with Crippen LogP contribution in [0, 0.1) is 0 Å². The lowest BCUT2D eigenvalue weighted by molar-refractivity contribution is -0.193. The van der Waals surface area contributed by atoms with Crippen molar-refractivity contribution in [2.45, 2.75) is 6.18 Å². The van der Waals surface area contributed by atoms with Crippen LogP contribution in [0.25, 0.3) is 21.9 Å². The molecule has 0 fully saturated rings. The molecule has 0 saturated carbocycles. The van der Waals surface area contributed by atoms with Gasteiger partial charge in [-0.25, -0.2) is 9.59 Å². The number of carbonyl (C=O) groups is 2. The Bertz CT molecular complexity index is 1300. The van der Waals surface area contributed by atoms with Crippen LogP contribution >= 0.6 is 0 Å². The maximum atomic E-state index is 12.6. The van der Waals surface area contributed by atoms with Crippen molar-refractivity contribution in [2.24, 2.45) is 0 Å². The van der Waals surface area contributed by atoms with Crippen molar-refractivity contribution in [3.63, 3.8) is 0 Å². The van der Waals surface area contributed by atoms with E-state index in [2.05, 4.69) is 15.0 Å². The Balaban J connectivity index is 1.78. The van der Waals surface area contributed by atoms with E-state index in [0.717, 1.165) is 16.3 Å². The van der Waals surface area contributed by atoms with Gasteiger partial charge in [0, 0.05) is 17.0 Å². The van der Waals surface area contributed by atoms with Gasteiger partial charge in [0.25, 0.3) is 0 Å². The molecule has 0 spiro atoms. The summed E-state index contributed by atoms with van der Waals surface area (Å²) in [6.45, 7) is 0. The Morgan fingerprint density at radius 1 is 0.812 bits per heavy atom. The molecule has 3 aromatic carbocycles. The van der Waals surface area contributed by atoms with E-state index < -0.39 is 18.1 Å². The largest absolute Gasteiger partial charge is 0.491 e. The molecule has 1 heterocycles. The first-order valence-electron chi connectivity index (χ1n) is 9.45. The molecule has 0 aliphatic heterocycles.